The van der Waals surface area contributed by atoms with Crippen LogP contribution in [0.5, 0.6) is 0 Å². The Kier molecular flexibility index (Phi) is 4.28. The van der Waals surface area contributed by atoms with Crippen molar-refractivity contribution >= 4 is 5.97 Å². The molecule has 0 aliphatic carbocycles. The van der Waals surface area contributed by atoms with Gasteiger partial charge in [-0.2, -0.15) is 5.26 Å². The van der Waals surface area contributed by atoms with Crippen LogP contribution in [0, 0.1) is 11.3 Å². The first kappa shape index (κ1) is 12.0. The van der Waals surface area contributed by atoms with Crippen LogP contribution in [0.4, 0.5) is 0 Å². The maximum absolute atomic E-state index is 11.4. The average molecular weight is 215 g/mol. The van der Waals surface area contributed by atoms with Crippen molar-refractivity contribution in [2.45, 2.75) is 20.5 Å². The summed E-state index contributed by atoms with van der Waals surface area (Å²) < 4.78 is 5.06. The summed E-state index contributed by atoms with van der Waals surface area (Å²) in [5.74, 6) is -0.352. The SMILES string of the molecule is CC=C(C)C(=O)OCc1ccccc1C#N. The second kappa shape index (κ2) is 5.72. The number of hydrogen-bond acceptors (Lipinski definition) is 3. The fourth-order valence-electron chi connectivity index (χ4n) is 1.13. The van der Waals surface area contributed by atoms with Crippen molar-refractivity contribution in [1.29, 1.82) is 5.26 Å². The Hall–Kier alpha value is -2.08. The van der Waals surface area contributed by atoms with E-state index in [9.17, 15) is 4.79 Å². The maximum atomic E-state index is 11.4. The van der Waals surface area contributed by atoms with Crippen molar-refractivity contribution in [2.75, 3.05) is 0 Å². The smallest absolute Gasteiger partial charge is 0.333 e. The van der Waals surface area contributed by atoms with Gasteiger partial charge in [0.1, 0.15) is 6.61 Å². The standard InChI is InChI=1S/C13H13NO2/c1-3-10(2)13(15)16-9-12-7-5-4-6-11(12)8-14/h3-7H,9H2,1-2H3. The number of hydrogen-bond donors (Lipinski definition) is 0. The predicted octanol–water partition coefficient (Wildman–Crippen LogP) is 2.57. The molecule has 0 aliphatic rings. The highest BCUT2D eigenvalue weighted by Gasteiger charge is 2.06. The average Bonchev–Trinajstić information content (AvgIpc) is 2.35. The summed E-state index contributed by atoms with van der Waals surface area (Å²) in [5, 5.41) is 8.84. The maximum Gasteiger partial charge on any atom is 0.333 e. The highest BCUT2D eigenvalue weighted by atomic mass is 16.5. The molecule has 3 heteroatoms. The normalized spacial score (nSPS) is 10.7. The Morgan fingerprint density at radius 3 is 2.81 bits per heavy atom. The lowest BCUT2D eigenvalue weighted by Crippen LogP contribution is -2.06. The van der Waals surface area contributed by atoms with Gasteiger partial charge in [0.25, 0.3) is 0 Å². The van der Waals surface area contributed by atoms with Crippen LogP contribution in [0.1, 0.15) is 25.0 Å². The number of allylic oxidation sites excluding steroid dienone is 1. The van der Waals surface area contributed by atoms with Crippen LogP contribution in [0.2, 0.25) is 0 Å². The lowest BCUT2D eigenvalue weighted by molar-refractivity contribution is -0.140. The number of esters is 1. The number of ether oxygens (including phenoxy) is 1. The minimum absolute atomic E-state index is 0.133. The van der Waals surface area contributed by atoms with Crippen LogP contribution in [0.25, 0.3) is 0 Å². The molecule has 0 bridgehead atoms. The van der Waals surface area contributed by atoms with Crippen molar-refractivity contribution in [3.05, 3.63) is 47.0 Å². The van der Waals surface area contributed by atoms with Gasteiger partial charge in [-0.1, -0.05) is 24.3 Å². The molecular weight excluding hydrogens is 202 g/mol. The van der Waals surface area contributed by atoms with E-state index >= 15 is 0 Å². The molecule has 0 aromatic heterocycles. The van der Waals surface area contributed by atoms with Gasteiger partial charge in [0.2, 0.25) is 0 Å². The monoisotopic (exact) mass is 215 g/mol. The molecule has 0 spiro atoms. The van der Waals surface area contributed by atoms with E-state index in [1.54, 1.807) is 38.1 Å². The van der Waals surface area contributed by atoms with Crippen molar-refractivity contribution < 1.29 is 9.53 Å². The van der Waals surface area contributed by atoms with Gasteiger partial charge in [-0.05, 0) is 19.9 Å². The minimum atomic E-state index is -0.352. The Bertz CT molecular complexity index is 455. The summed E-state index contributed by atoms with van der Waals surface area (Å²) >= 11 is 0. The van der Waals surface area contributed by atoms with Crippen LogP contribution >= 0.6 is 0 Å². The highest BCUT2D eigenvalue weighted by molar-refractivity contribution is 5.87. The van der Waals surface area contributed by atoms with E-state index in [0.29, 0.717) is 11.1 Å². The molecule has 0 aliphatic heterocycles. The second-order valence-electron chi connectivity index (χ2n) is 3.32. The van der Waals surface area contributed by atoms with E-state index < -0.39 is 0 Å². The molecule has 1 rings (SSSR count). The molecule has 0 amide bonds. The van der Waals surface area contributed by atoms with Gasteiger partial charge in [-0.25, -0.2) is 4.79 Å². The van der Waals surface area contributed by atoms with Gasteiger partial charge in [0.15, 0.2) is 0 Å². The van der Waals surface area contributed by atoms with Crippen molar-refractivity contribution in [3.63, 3.8) is 0 Å². The first-order valence-corrected chi connectivity index (χ1v) is 4.97. The molecule has 0 saturated carbocycles. The molecule has 16 heavy (non-hydrogen) atoms. The Morgan fingerprint density at radius 1 is 1.50 bits per heavy atom. The second-order valence-corrected chi connectivity index (χ2v) is 3.32. The van der Waals surface area contributed by atoms with Gasteiger partial charge < -0.3 is 4.74 Å². The van der Waals surface area contributed by atoms with E-state index in [0.717, 1.165) is 5.56 Å². The summed E-state index contributed by atoms with van der Waals surface area (Å²) in [5.41, 5.74) is 1.82. The number of nitrogens with zero attached hydrogens (tertiary/aromatic N) is 1. The van der Waals surface area contributed by atoms with Crippen molar-refractivity contribution in [2.24, 2.45) is 0 Å². The van der Waals surface area contributed by atoms with E-state index in [1.807, 2.05) is 6.07 Å². The number of carbonyl (C=O) groups excluding carboxylic acids is 1. The predicted molar refractivity (Wildman–Crippen MR) is 60.4 cm³/mol. The largest absolute Gasteiger partial charge is 0.457 e. The molecular formula is C13H13NO2. The summed E-state index contributed by atoms with van der Waals surface area (Å²) in [4.78, 5) is 11.4. The first-order chi connectivity index (χ1) is 7.69. The number of rotatable bonds is 3. The van der Waals surface area contributed by atoms with Gasteiger partial charge >= 0.3 is 5.97 Å². The van der Waals surface area contributed by atoms with Crippen LogP contribution in [-0.4, -0.2) is 5.97 Å². The quantitative estimate of drug-likeness (QED) is 0.575. The molecule has 0 heterocycles. The fourth-order valence-corrected chi connectivity index (χ4v) is 1.13. The molecule has 0 unspecified atom stereocenters. The fraction of sp³-hybridized carbons (Fsp3) is 0.231. The molecule has 0 saturated heterocycles. The number of carbonyl (C=O) groups is 1. The lowest BCUT2D eigenvalue weighted by Gasteiger charge is -2.05. The van der Waals surface area contributed by atoms with E-state index in [1.165, 1.54) is 0 Å². The summed E-state index contributed by atoms with van der Waals surface area (Å²) in [6.45, 7) is 3.60. The van der Waals surface area contributed by atoms with Crippen LogP contribution in [-0.2, 0) is 16.1 Å². The molecule has 1 aromatic carbocycles. The van der Waals surface area contributed by atoms with Gasteiger partial charge in [0.05, 0.1) is 11.6 Å². The third-order valence-corrected chi connectivity index (χ3v) is 2.25. The first-order valence-electron chi connectivity index (χ1n) is 4.97. The topological polar surface area (TPSA) is 50.1 Å². The van der Waals surface area contributed by atoms with Crippen LogP contribution in [0.15, 0.2) is 35.9 Å². The molecule has 82 valence electrons. The Labute approximate surface area is 95.0 Å². The highest BCUT2D eigenvalue weighted by Crippen LogP contribution is 2.09. The van der Waals surface area contributed by atoms with Gasteiger partial charge in [-0.15, -0.1) is 0 Å². The van der Waals surface area contributed by atoms with Gasteiger partial charge in [0, 0.05) is 11.1 Å². The zero-order chi connectivity index (χ0) is 12.0. The number of benzene rings is 1. The van der Waals surface area contributed by atoms with Crippen molar-refractivity contribution in [3.8, 4) is 6.07 Å². The van der Waals surface area contributed by atoms with E-state index in [4.69, 9.17) is 10.00 Å². The van der Waals surface area contributed by atoms with Gasteiger partial charge in [-0.3, -0.25) is 0 Å². The molecule has 1 aromatic rings. The van der Waals surface area contributed by atoms with E-state index in [-0.39, 0.29) is 12.6 Å². The molecule has 0 N–H and O–H groups in total. The Balaban J connectivity index is 2.69. The third-order valence-electron chi connectivity index (χ3n) is 2.25. The zero-order valence-corrected chi connectivity index (χ0v) is 9.36. The van der Waals surface area contributed by atoms with Crippen LogP contribution < -0.4 is 0 Å². The zero-order valence-electron chi connectivity index (χ0n) is 9.36. The van der Waals surface area contributed by atoms with Crippen LogP contribution in [0.3, 0.4) is 0 Å². The molecule has 0 radical (unpaired) electrons. The summed E-state index contributed by atoms with van der Waals surface area (Å²) in [7, 11) is 0. The van der Waals surface area contributed by atoms with E-state index in [2.05, 4.69) is 6.07 Å². The summed E-state index contributed by atoms with van der Waals surface area (Å²) in [6, 6.07) is 9.12. The molecule has 0 fully saturated rings. The summed E-state index contributed by atoms with van der Waals surface area (Å²) in [6.07, 6.45) is 1.69. The lowest BCUT2D eigenvalue weighted by atomic mass is 10.1. The molecule has 3 nitrogen and oxygen atoms in total. The van der Waals surface area contributed by atoms with Crippen molar-refractivity contribution in [1.82, 2.24) is 0 Å². The number of nitriles is 1. The Morgan fingerprint density at radius 2 is 2.19 bits per heavy atom. The molecule has 0 atom stereocenters. The third kappa shape index (κ3) is 2.96. The minimum Gasteiger partial charge on any atom is -0.457 e.